The van der Waals surface area contributed by atoms with Crippen LogP contribution >= 0.6 is 0 Å². The average molecular weight is 453 g/mol. The highest BCUT2D eigenvalue weighted by molar-refractivity contribution is 5.85. The normalized spacial score (nSPS) is 34.3. The van der Waals surface area contributed by atoms with Crippen molar-refractivity contribution in [3.05, 3.63) is 29.6 Å². The van der Waals surface area contributed by atoms with E-state index in [-0.39, 0.29) is 24.1 Å². The number of likely N-dealkylation sites (tertiary alicyclic amines) is 1. The van der Waals surface area contributed by atoms with E-state index >= 15 is 4.39 Å². The number of nitrogens with one attached hydrogen (secondary N) is 1. The molecule has 6 nitrogen and oxygen atoms in total. The van der Waals surface area contributed by atoms with Gasteiger partial charge in [-0.3, -0.25) is 9.69 Å². The summed E-state index contributed by atoms with van der Waals surface area (Å²) in [6.07, 6.45) is 3.83. The topological polar surface area (TPSA) is 68.6 Å². The van der Waals surface area contributed by atoms with Crippen molar-refractivity contribution in [2.75, 3.05) is 44.3 Å². The predicted molar refractivity (Wildman–Crippen MR) is 122 cm³/mol. The zero-order valence-electron chi connectivity index (χ0n) is 19.1. The summed E-state index contributed by atoms with van der Waals surface area (Å²) < 4.78 is 20.4. The number of ketones is 1. The second kappa shape index (κ2) is 8.65. The molecule has 4 aliphatic heterocycles. The molecule has 1 aromatic rings. The predicted octanol–water partition coefficient (Wildman–Crippen LogP) is 2.37. The number of hydrogen-bond donors (Lipinski definition) is 1. The molecular weight excluding hydrogens is 419 g/mol. The standard InChI is InChI=1S/C26H33FN4O2/c27-24-8-22(30-10-19-12-31(13-20(19)11-30)23-14-33-15-23)4-2-17(24)5-16(9-28)6-25(32)26-18-1-3-21(7-18)29-26/h2,4,8,16,18-21,23,26,29H,1,3,5-7,10-15H2/t16-,18+,19?,20?,21-,26+/m1/s1. The fourth-order valence-electron chi connectivity index (χ4n) is 6.89. The number of anilines is 1. The maximum atomic E-state index is 15.0. The number of halogens is 1. The third-order valence-corrected chi connectivity index (χ3v) is 8.86. The van der Waals surface area contributed by atoms with Gasteiger partial charge in [0.15, 0.2) is 5.78 Å². The van der Waals surface area contributed by atoms with E-state index in [1.54, 1.807) is 6.07 Å². The molecule has 4 heterocycles. The Morgan fingerprint density at radius 1 is 1.18 bits per heavy atom. The van der Waals surface area contributed by atoms with Crippen molar-refractivity contribution in [1.82, 2.24) is 10.2 Å². The first-order valence-corrected chi connectivity index (χ1v) is 12.6. The molecule has 0 amide bonds. The molecule has 6 atom stereocenters. The third kappa shape index (κ3) is 4.07. The van der Waals surface area contributed by atoms with E-state index in [4.69, 9.17) is 4.74 Å². The maximum Gasteiger partial charge on any atom is 0.151 e. The minimum atomic E-state index is -0.480. The maximum absolute atomic E-state index is 15.0. The Kier molecular flexibility index (Phi) is 5.64. The van der Waals surface area contributed by atoms with Crippen molar-refractivity contribution in [3.8, 4) is 6.07 Å². The Bertz CT molecular complexity index is 946. The number of hydrogen-bond acceptors (Lipinski definition) is 6. The van der Waals surface area contributed by atoms with Crippen LogP contribution in [-0.4, -0.2) is 68.2 Å². The van der Waals surface area contributed by atoms with Gasteiger partial charge < -0.3 is 15.0 Å². The molecule has 6 rings (SSSR count). The van der Waals surface area contributed by atoms with Crippen molar-refractivity contribution in [2.24, 2.45) is 23.7 Å². The highest BCUT2D eigenvalue weighted by Gasteiger charge is 2.44. The Labute approximate surface area is 195 Å². The highest BCUT2D eigenvalue weighted by atomic mass is 19.1. The van der Waals surface area contributed by atoms with E-state index in [2.05, 4.69) is 21.2 Å². The van der Waals surface area contributed by atoms with Crippen LogP contribution in [0.3, 0.4) is 0 Å². The summed E-state index contributed by atoms with van der Waals surface area (Å²) in [7, 11) is 0. The van der Waals surface area contributed by atoms with Crippen LogP contribution < -0.4 is 10.2 Å². The minimum absolute atomic E-state index is 0.103. The van der Waals surface area contributed by atoms with Crippen molar-refractivity contribution in [3.63, 3.8) is 0 Å². The minimum Gasteiger partial charge on any atom is -0.378 e. The van der Waals surface area contributed by atoms with Crippen LogP contribution in [0.1, 0.15) is 31.2 Å². The van der Waals surface area contributed by atoms with Crippen LogP contribution in [0.2, 0.25) is 0 Å². The molecule has 33 heavy (non-hydrogen) atoms. The third-order valence-electron chi connectivity index (χ3n) is 8.86. The largest absolute Gasteiger partial charge is 0.378 e. The fraction of sp³-hybridized carbons (Fsp3) is 0.692. The van der Waals surface area contributed by atoms with Gasteiger partial charge in [0.05, 0.1) is 37.3 Å². The Hall–Kier alpha value is -2.01. The Morgan fingerprint density at radius 2 is 1.97 bits per heavy atom. The molecular formula is C26H33FN4O2. The van der Waals surface area contributed by atoms with E-state index in [1.165, 1.54) is 0 Å². The monoisotopic (exact) mass is 452 g/mol. The van der Waals surface area contributed by atoms with Crippen LogP contribution in [0.4, 0.5) is 10.1 Å². The van der Waals surface area contributed by atoms with Gasteiger partial charge in [-0.15, -0.1) is 0 Å². The lowest BCUT2D eigenvalue weighted by Crippen LogP contribution is -2.48. The summed E-state index contributed by atoms with van der Waals surface area (Å²) in [4.78, 5) is 17.6. The lowest BCUT2D eigenvalue weighted by Gasteiger charge is -2.35. The molecule has 7 heteroatoms. The molecule has 1 aromatic carbocycles. The number of carbonyl (C=O) groups excluding carboxylic acids is 1. The summed E-state index contributed by atoms with van der Waals surface area (Å²) in [5.41, 5.74) is 1.47. The number of Topliss-reactive ketones (excluding diaryl/α,β-unsaturated/α-hetero) is 1. The summed E-state index contributed by atoms with van der Waals surface area (Å²) >= 11 is 0. The van der Waals surface area contributed by atoms with Crippen LogP contribution in [0.25, 0.3) is 0 Å². The summed E-state index contributed by atoms with van der Waals surface area (Å²) in [6.45, 7) is 5.90. The van der Waals surface area contributed by atoms with Crippen LogP contribution in [-0.2, 0) is 16.0 Å². The second-order valence-electron chi connectivity index (χ2n) is 11.0. The molecule has 5 fully saturated rings. The SMILES string of the molecule is N#C[C@@H](CC(=O)[C@H]1N[C@@H]2CC[C@H]1C2)Cc1ccc(N2CC3CN(C4COC4)CC3C2)cc1F. The van der Waals surface area contributed by atoms with Gasteiger partial charge in [0.1, 0.15) is 5.82 Å². The van der Waals surface area contributed by atoms with Gasteiger partial charge in [-0.1, -0.05) is 6.07 Å². The van der Waals surface area contributed by atoms with Gasteiger partial charge in [-0.2, -0.15) is 5.26 Å². The molecule has 2 bridgehead atoms. The molecule has 2 unspecified atom stereocenters. The molecule has 1 aliphatic carbocycles. The fourth-order valence-corrected chi connectivity index (χ4v) is 6.89. The number of fused-ring (bicyclic) bond motifs is 3. The van der Waals surface area contributed by atoms with Crippen molar-refractivity contribution >= 4 is 11.5 Å². The first-order chi connectivity index (χ1) is 16.1. The van der Waals surface area contributed by atoms with Gasteiger partial charge in [-0.05, 0) is 61.1 Å². The van der Waals surface area contributed by atoms with Crippen molar-refractivity contribution in [1.29, 1.82) is 5.26 Å². The molecule has 176 valence electrons. The van der Waals surface area contributed by atoms with Gasteiger partial charge in [0.2, 0.25) is 0 Å². The average Bonchev–Trinajstić information content (AvgIpc) is 3.53. The summed E-state index contributed by atoms with van der Waals surface area (Å²) in [5, 5.41) is 13.1. The first kappa shape index (κ1) is 21.5. The lowest BCUT2D eigenvalue weighted by molar-refractivity contribution is -0.122. The zero-order chi connectivity index (χ0) is 22.5. The van der Waals surface area contributed by atoms with Gasteiger partial charge in [0.25, 0.3) is 0 Å². The Balaban J connectivity index is 1.05. The second-order valence-corrected chi connectivity index (χ2v) is 11.0. The molecule has 1 saturated carbocycles. The molecule has 4 saturated heterocycles. The number of nitrogens with zero attached hydrogens (tertiary/aromatic N) is 3. The van der Waals surface area contributed by atoms with E-state index in [0.717, 1.165) is 64.3 Å². The number of carbonyl (C=O) groups is 1. The summed E-state index contributed by atoms with van der Waals surface area (Å²) in [6, 6.07) is 8.66. The van der Waals surface area contributed by atoms with Crippen molar-refractivity contribution in [2.45, 2.75) is 50.2 Å². The van der Waals surface area contributed by atoms with E-state index < -0.39 is 5.92 Å². The number of benzene rings is 1. The van der Waals surface area contributed by atoms with E-state index in [1.807, 2.05) is 12.1 Å². The van der Waals surface area contributed by atoms with Gasteiger partial charge in [0, 0.05) is 44.3 Å². The number of piperidine rings is 1. The van der Waals surface area contributed by atoms with E-state index in [9.17, 15) is 10.1 Å². The number of nitriles is 1. The molecule has 5 aliphatic rings. The van der Waals surface area contributed by atoms with Crippen LogP contribution in [0, 0.1) is 40.8 Å². The molecule has 1 N–H and O–H groups in total. The Morgan fingerprint density at radius 3 is 2.55 bits per heavy atom. The van der Waals surface area contributed by atoms with Crippen molar-refractivity contribution < 1.29 is 13.9 Å². The highest BCUT2D eigenvalue weighted by Crippen LogP contribution is 2.37. The van der Waals surface area contributed by atoms with Gasteiger partial charge >= 0.3 is 0 Å². The van der Waals surface area contributed by atoms with Crippen LogP contribution in [0.5, 0.6) is 0 Å². The van der Waals surface area contributed by atoms with E-state index in [0.29, 0.717) is 41.8 Å². The number of ether oxygens (including phenoxy) is 1. The smallest absolute Gasteiger partial charge is 0.151 e. The summed E-state index contributed by atoms with van der Waals surface area (Å²) in [5.74, 6) is 1.09. The molecule has 0 aromatic heterocycles. The van der Waals surface area contributed by atoms with Gasteiger partial charge in [-0.25, -0.2) is 4.39 Å². The number of rotatable bonds is 7. The molecule has 0 spiro atoms. The molecule has 0 radical (unpaired) electrons. The van der Waals surface area contributed by atoms with Crippen LogP contribution in [0.15, 0.2) is 18.2 Å². The zero-order valence-corrected chi connectivity index (χ0v) is 19.1. The lowest BCUT2D eigenvalue weighted by atomic mass is 9.88. The quantitative estimate of drug-likeness (QED) is 0.685. The first-order valence-electron chi connectivity index (χ1n) is 12.6.